The first-order chi connectivity index (χ1) is 11.7. The molecule has 0 fully saturated rings. The Kier molecular flexibility index (Phi) is 8.22. The van der Waals surface area contributed by atoms with Crippen LogP contribution in [0.5, 0.6) is 5.75 Å². The maximum Gasteiger partial charge on any atom is 0.124 e. The van der Waals surface area contributed by atoms with E-state index in [1.165, 1.54) is 12.1 Å². The quantitative estimate of drug-likeness (QED) is 0.592. The lowest BCUT2D eigenvalue weighted by Gasteiger charge is -2.13. The van der Waals surface area contributed by atoms with Crippen LogP contribution in [0.15, 0.2) is 46.9 Å². The number of ether oxygens (including phenoxy) is 2. The molecule has 0 atom stereocenters. The van der Waals surface area contributed by atoms with E-state index in [9.17, 15) is 4.39 Å². The summed E-state index contributed by atoms with van der Waals surface area (Å²) in [7, 11) is 0. The highest BCUT2D eigenvalue weighted by molar-refractivity contribution is 9.10. The van der Waals surface area contributed by atoms with Gasteiger partial charge in [0, 0.05) is 29.8 Å². The minimum absolute atomic E-state index is 0.237. The molecule has 0 aliphatic carbocycles. The molecule has 2 rings (SSSR count). The summed E-state index contributed by atoms with van der Waals surface area (Å²) in [6.45, 7) is 5.57. The second-order valence-electron chi connectivity index (χ2n) is 5.39. The van der Waals surface area contributed by atoms with E-state index in [2.05, 4.69) is 27.3 Å². The molecule has 0 unspecified atom stereocenters. The van der Waals surface area contributed by atoms with Gasteiger partial charge in [-0.2, -0.15) is 0 Å². The highest BCUT2D eigenvalue weighted by Gasteiger charge is 2.05. The Hall–Kier alpha value is -1.43. The van der Waals surface area contributed by atoms with Gasteiger partial charge < -0.3 is 14.8 Å². The molecule has 0 aromatic heterocycles. The Morgan fingerprint density at radius 2 is 1.92 bits per heavy atom. The molecule has 0 heterocycles. The largest absolute Gasteiger partial charge is 0.489 e. The van der Waals surface area contributed by atoms with Gasteiger partial charge in [-0.3, -0.25) is 0 Å². The predicted octanol–water partition coefficient (Wildman–Crippen LogP) is 4.68. The highest BCUT2D eigenvalue weighted by atomic mass is 79.9. The molecule has 0 saturated carbocycles. The number of rotatable bonds is 10. The molecular weight excluding hydrogens is 373 g/mol. The normalized spacial score (nSPS) is 10.8. The van der Waals surface area contributed by atoms with Crippen molar-refractivity contribution in [2.75, 3.05) is 19.8 Å². The van der Waals surface area contributed by atoms with Crippen LogP contribution >= 0.6 is 15.9 Å². The molecule has 0 aliphatic rings. The fourth-order valence-electron chi connectivity index (χ4n) is 2.24. The standard InChI is InChI=1S/C19H23BrFNO2/c1-2-23-11-3-10-22-13-16-12-17(20)6-9-19(16)24-14-15-4-7-18(21)8-5-15/h4-9,12,22H,2-3,10-11,13-14H2,1H3. The molecule has 24 heavy (non-hydrogen) atoms. The van der Waals surface area contributed by atoms with Gasteiger partial charge in [-0.05, 0) is 55.8 Å². The SMILES string of the molecule is CCOCCCNCc1cc(Br)ccc1OCc1ccc(F)cc1. The molecule has 3 nitrogen and oxygen atoms in total. The van der Waals surface area contributed by atoms with Gasteiger partial charge >= 0.3 is 0 Å². The van der Waals surface area contributed by atoms with Gasteiger partial charge in [0.1, 0.15) is 18.2 Å². The van der Waals surface area contributed by atoms with E-state index < -0.39 is 0 Å². The van der Waals surface area contributed by atoms with Crippen molar-refractivity contribution in [3.8, 4) is 5.75 Å². The molecule has 5 heteroatoms. The summed E-state index contributed by atoms with van der Waals surface area (Å²) in [6, 6.07) is 12.3. The second kappa shape index (κ2) is 10.4. The summed E-state index contributed by atoms with van der Waals surface area (Å²) in [4.78, 5) is 0. The number of nitrogens with one attached hydrogen (secondary N) is 1. The van der Waals surface area contributed by atoms with Crippen molar-refractivity contribution in [3.63, 3.8) is 0 Å². The van der Waals surface area contributed by atoms with E-state index in [1.807, 2.05) is 19.1 Å². The molecule has 130 valence electrons. The van der Waals surface area contributed by atoms with E-state index >= 15 is 0 Å². The van der Waals surface area contributed by atoms with Crippen LogP contribution in [0.2, 0.25) is 0 Å². The Labute approximate surface area is 151 Å². The molecular formula is C19H23BrFNO2. The molecule has 2 aromatic rings. The van der Waals surface area contributed by atoms with Gasteiger partial charge in [0.15, 0.2) is 0 Å². The molecule has 0 radical (unpaired) electrons. The third-order valence-corrected chi connectivity index (χ3v) is 3.99. The second-order valence-corrected chi connectivity index (χ2v) is 6.31. The first-order valence-corrected chi connectivity index (χ1v) is 8.92. The number of hydrogen-bond donors (Lipinski definition) is 1. The molecule has 0 amide bonds. The molecule has 2 aromatic carbocycles. The zero-order valence-electron chi connectivity index (χ0n) is 13.9. The third-order valence-electron chi connectivity index (χ3n) is 3.49. The van der Waals surface area contributed by atoms with Gasteiger partial charge in [0.05, 0.1) is 0 Å². The molecule has 0 aliphatic heterocycles. The van der Waals surface area contributed by atoms with Gasteiger partial charge in [0.25, 0.3) is 0 Å². The minimum atomic E-state index is -0.237. The molecule has 0 bridgehead atoms. The van der Waals surface area contributed by atoms with Crippen molar-refractivity contribution in [2.45, 2.75) is 26.5 Å². The third kappa shape index (κ3) is 6.59. The van der Waals surface area contributed by atoms with Crippen molar-refractivity contribution >= 4 is 15.9 Å². The van der Waals surface area contributed by atoms with Crippen LogP contribution in [0.1, 0.15) is 24.5 Å². The number of halogens is 2. The first-order valence-electron chi connectivity index (χ1n) is 8.13. The Morgan fingerprint density at radius 3 is 2.67 bits per heavy atom. The lowest BCUT2D eigenvalue weighted by molar-refractivity contribution is 0.144. The predicted molar refractivity (Wildman–Crippen MR) is 97.7 cm³/mol. The molecule has 0 spiro atoms. The molecule has 1 N–H and O–H groups in total. The van der Waals surface area contributed by atoms with Crippen LogP contribution in [0, 0.1) is 5.82 Å². The van der Waals surface area contributed by atoms with Crippen LogP contribution in [0.3, 0.4) is 0 Å². The summed E-state index contributed by atoms with van der Waals surface area (Å²) >= 11 is 3.50. The average molecular weight is 396 g/mol. The van der Waals surface area contributed by atoms with Crippen molar-refractivity contribution in [1.29, 1.82) is 0 Å². The summed E-state index contributed by atoms with van der Waals surface area (Å²) in [5, 5.41) is 3.40. The van der Waals surface area contributed by atoms with E-state index in [-0.39, 0.29) is 5.82 Å². The Bertz CT molecular complexity index is 619. The Balaban J connectivity index is 1.88. The highest BCUT2D eigenvalue weighted by Crippen LogP contribution is 2.24. The average Bonchev–Trinajstić information content (AvgIpc) is 2.58. The van der Waals surface area contributed by atoms with Crippen LogP contribution < -0.4 is 10.1 Å². The zero-order valence-corrected chi connectivity index (χ0v) is 15.4. The van der Waals surface area contributed by atoms with Crippen LogP contribution in [-0.2, 0) is 17.9 Å². The van der Waals surface area contributed by atoms with E-state index in [0.29, 0.717) is 6.61 Å². The lowest BCUT2D eigenvalue weighted by atomic mass is 10.2. The van der Waals surface area contributed by atoms with Crippen LogP contribution in [-0.4, -0.2) is 19.8 Å². The monoisotopic (exact) mass is 395 g/mol. The summed E-state index contributed by atoms with van der Waals surface area (Å²) in [6.07, 6.45) is 0.980. The van der Waals surface area contributed by atoms with Crippen molar-refractivity contribution in [3.05, 3.63) is 63.9 Å². The van der Waals surface area contributed by atoms with E-state index in [4.69, 9.17) is 9.47 Å². The van der Waals surface area contributed by atoms with E-state index in [1.54, 1.807) is 12.1 Å². The van der Waals surface area contributed by atoms with Crippen molar-refractivity contribution < 1.29 is 13.9 Å². The first kappa shape index (κ1) is 18.9. The zero-order chi connectivity index (χ0) is 17.2. The van der Waals surface area contributed by atoms with Gasteiger partial charge in [-0.15, -0.1) is 0 Å². The maximum atomic E-state index is 12.9. The van der Waals surface area contributed by atoms with Crippen molar-refractivity contribution in [2.24, 2.45) is 0 Å². The smallest absolute Gasteiger partial charge is 0.124 e. The van der Waals surface area contributed by atoms with Crippen LogP contribution in [0.4, 0.5) is 4.39 Å². The summed E-state index contributed by atoms with van der Waals surface area (Å²) in [5.41, 5.74) is 2.03. The van der Waals surface area contributed by atoms with Crippen molar-refractivity contribution in [1.82, 2.24) is 5.32 Å². The Morgan fingerprint density at radius 1 is 1.12 bits per heavy atom. The summed E-state index contributed by atoms with van der Waals surface area (Å²) in [5.74, 6) is 0.596. The lowest BCUT2D eigenvalue weighted by Crippen LogP contribution is -2.17. The van der Waals surface area contributed by atoms with Crippen LogP contribution in [0.25, 0.3) is 0 Å². The minimum Gasteiger partial charge on any atom is -0.489 e. The number of hydrogen-bond acceptors (Lipinski definition) is 3. The van der Waals surface area contributed by atoms with Gasteiger partial charge in [-0.25, -0.2) is 4.39 Å². The number of benzene rings is 2. The fourth-order valence-corrected chi connectivity index (χ4v) is 2.64. The maximum absolute atomic E-state index is 12.9. The van der Waals surface area contributed by atoms with Gasteiger partial charge in [0.2, 0.25) is 0 Å². The fraction of sp³-hybridized carbons (Fsp3) is 0.368. The molecule has 0 saturated heterocycles. The topological polar surface area (TPSA) is 30.5 Å². The van der Waals surface area contributed by atoms with Gasteiger partial charge in [-0.1, -0.05) is 28.1 Å². The van der Waals surface area contributed by atoms with E-state index in [0.717, 1.165) is 54.1 Å². The summed E-state index contributed by atoms with van der Waals surface area (Å²) < 4.78 is 25.2.